The first-order valence-corrected chi connectivity index (χ1v) is 14.4. The number of fused-ring (bicyclic) bond motifs is 2. The molecule has 0 spiro atoms. The van der Waals surface area contributed by atoms with E-state index in [1.807, 2.05) is 0 Å². The molecule has 6 atom stereocenters. The number of hydrogen-bond donors (Lipinski definition) is 0. The summed E-state index contributed by atoms with van der Waals surface area (Å²) in [6.07, 6.45) is 4.96. The van der Waals surface area contributed by atoms with Crippen molar-refractivity contribution in [1.29, 1.82) is 0 Å². The average molecular weight is 553 g/mol. The van der Waals surface area contributed by atoms with Gasteiger partial charge in [0.15, 0.2) is 0 Å². The Kier molecular flexibility index (Phi) is 8.05. The molecule has 0 aromatic heterocycles. The summed E-state index contributed by atoms with van der Waals surface area (Å²) in [6.45, 7) is 3.12. The van der Waals surface area contributed by atoms with Gasteiger partial charge in [-0.05, 0) is 51.7 Å². The summed E-state index contributed by atoms with van der Waals surface area (Å²) < 4.78 is 11.1. The smallest absolute Gasteiger partial charge is 0.339 e. The SMILES string of the molecule is CC(CN1C(=O)C2CCCCC2C1=O)OC(=O)c1ccccc1C(=O)OC(C)CN1C(=O)C2CCCCC2C1=O. The highest BCUT2D eigenvalue weighted by molar-refractivity contribution is 6.06. The van der Waals surface area contributed by atoms with Crippen molar-refractivity contribution < 1.29 is 38.2 Å². The van der Waals surface area contributed by atoms with Gasteiger partial charge in [-0.25, -0.2) is 9.59 Å². The Bertz CT molecular complexity index is 1090. The molecule has 4 aliphatic rings. The largest absolute Gasteiger partial charge is 0.457 e. The maximum atomic E-state index is 13.0. The Labute approximate surface area is 233 Å². The molecule has 4 amide bonds. The van der Waals surface area contributed by atoms with Gasteiger partial charge in [0.05, 0.1) is 47.9 Å². The molecular weight excluding hydrogens is 516 g/mol. The van der Waals surface area contributed by atoms with Crippen LogP contribution in [-0.4, -0.2) is 70.7 Å². The van der Waals surface area contributed by atoms with E-state index in [2.05, 4.69) is 0 Å². The first kappa shape index (κ1) is 28.0. The minimum absolute atomic E-state index is 0.0151. The number of amides is 4. The van der Waals surface area contributed by atoms with Crippen LogP contribution >= 0.6 is 0 Å². The van der Waals surface area contributed by atoms with Crippen molar-refractivity contribution in [2.24, 2.45) is 23.7 Å². The molecule has 5 rings (SSSR count). The minimum atomic E-state index is -0.779. The molecule has 2 saturated heterocycles. The number of carbonyl (C=O) groups is 6. The van der Waals surface area contributed by atoms with E-state index in [0.717, 1.165) is 25.7 Å². The Balaban J connectivity index is 1.19. The van der Waals surface area contributed by atoms with Crippen LogP contribution in [0, 0.1) is 23.7 Å². The molecule has 214 valence electrons. The van der Waals surface area contributed by atoms with Crippen molar-refractivity contribution in [1.82, 2.24) is 9.80 Å². The summed E-state index contributed by atoms with van der Waals surface area (Å²) in [6, 6.07) is 6.05. The van der Waals surface area contributed by atoms with Gasteiger partial charge in [0.2, 0.25) is 23.6 Å². The fourth-order valence-electron chi connectivity index (χ4n) is 6.74. The lowest BCUT2D eigenvalue weighted by atomic mass is 9.81. The monoisotopic (exact) mass is 552 g/mol. The first-order chi connectivity index (χ1) is 19.2. The zero-order valence-electron chi connectivity index (χ0n) is 23.0. The van der Waals surface area contributed by atoms with Gasteiger partial charge in [0, 0.05) is 0 Å². The van der Waals surface area contributed by atoms with E-state index in [-0.39, 0.29) is 71.5 Å². The van der Waals surface area contributed by atoms with Crippen LogP contribution in [0.5, 0.6) is 0 Å². The number of imide groups is 2. The Morgan fingerprint density at radius 1 is 0.650 bits per heavy atom. The predicted octanol–water partition coefficient (Wildman–Crippen LogP) is 3.13. The van der Waals surface area contributed by atoms with Gasteiger partial charge in [0.1, 0.15) is 12.2 Å². The standard InChI is InChI=1S/C30H36N2O8/c1-17(15-31-25(33)19-9-3-4-10-20(19)26(31)34)39-29(37)23-13-7-8-14-24(23)30(38)40-18(2)16-32-27(35)21-11-5-6-12-22(21)28(32)36/h7-8,13-14,17-22H,3-6,9-12,15-16H2,1-2H3. The van der Waals surface area contributed by atoms with Gasteiger partial charge in [-0.15, -0.1) is 0 Å². The Morgan fingerprint density at radius 3 is 1.25 bits per heavy atom. The molecule has 10 nitrogen and oxygen atoms in total. The van der Waals surface area contributed by atoms with Crippen molar-refractivity contribution in [2.45, 2.75) is 77.4 Å². The van der Waals surface area contributed by atoms with E-state index in [4.69, 9.17) is 9.47 Å². The molecule has 1 aromatic rings. The minimum Gasteiger partial charge on any atom is -0.457 e. The summed E-state index contributed by atoms with van der Waals surface area (Å²) in [4.78, 5) is 79.6. The topological polar surface area (TPSA) is 127 Å². The second kappa shape index (κ2) is 11.5. The van der Waals surface area contributed by atoms with Crippen LogP contribution < -0.4 is 0 Å². The molecule has 0 N–H and O–H groups in total. The molecular formula is C30H36N2O8. The van der Waals surface area contributed by atoms with Gasteiger partial charge in [-0.2, -0.15) is 0 Å². The van der Waals surface area contributed by atoms with Crippen molar-refractivity contribution in [3.05, 3.63) is 35.4 Å². The number of benzene rings is 1. The van der Waals surface area contributed by atoms with E-state index >= 15 is 0 Å². The van der Waals surface area contributed by atoms with Crippen LogP contribution in [0.25, 0.3) is 0 Å². The summed E-state index contributed by atoms with van der Waals surface area (Å²) in [5.74, 6) is -3.50. The molecule has 0 bridgehead atoms. The molecule has 40 heavy (non-hydrogen) atoms. The van der Waals surface area contributed by atoms with Crippen molar-refractivity contribution >= 4 is 35.6 Å². The summed E-state index contributed by atoms with van der Waals surface area (Å²) >= 11 is 0. The van der Waals surface area contributed by atoms with E-state index in [1.165, 1.54) is 21.9 Å². The van der Waals surface area contributed by atoms with E-state index in [0.29, 0.717) is 25.7 Å². The Morgan fingerprint density at radius 2 is 0.950 bits per heavy atom. The number of rotatable bonds is 8. The number of hydrogen-bond acceptors (Lipinski definition) is 8. The highest BCUT2D eigenvalue weighted by atomic mass is 16.6. The summed E-state index contributed by atoms with van der Waals surface area (Å²) in [7, 11) is 0. The molecule has 2 heterocycles. The third-order valence-corrected chi connectivity index (χ3v) is 8.73. The number of carbonyl (C=O) groups excluding carboxylic acids is 6. The van der Waals surface area contributed by atoms with Crippen LogP contribution in [0.3, 0.4) is 0 Å². The molecule has 2 aliphatic carbocycles. The predicted molar refractivity (Wildman–Crippen MR) is 141 cm³/mol. The number of esters is 2. The van der Waals surface area contributed by atoms with E-state index < -0.39 is 24.1 Å². The van der Waals surface area contributed by atoms with E-state index in [9.17, 15) is 28.8 Å². The number of nitrogens with zero attached hydrogens (tertiary/aromatic N) is 2. The van der Waals surface area contributed by atoms with Gasteiger partial charge < -0.3 is 9.47 Å². The lowest BCUT2D eigenvalue weighted by molar-refractivity contribution is -0.142. The zero-order valence-corrected chi connectivity index (χ0v) is 23.0. The molecule has 1 aromatic carbocycles. The highest BCUT2D eigenvalue weighted by Gasteiger charge is 2.49. The van der Waals surface area contributed by atoms with Gasteiger partial charge >= 0.3 is 11.9 Å². The van der Waals surface area contributed by atoms with Gasteiger partial charge in [-0.1, -0.05) is 37.8 Å². The third kappa shape index (κ3) is 5.28. The molecule has 2 saturated carbocycles. The molecule has 0 radical (unpaired) electrons. The fourth-order valence-corrected chi connectivity index (χ4v) is 6.74. The quantitative estimate of drug-likeness (QED) is 0.356. The maximum Gasteiger partial charge on any atom is 0.339 e. The third-order valence-electron chi connectivity index (χ3n) is 8.73. The number of ether oxygens (including phenoxy) is 2. The van der Waals surface area contributed by atoms with E-state index in [1.54, 1.807) is 26.0 Å². The second-order valence-corrected chi connectivity index (χ2v) is 11.5. The highest BCUT2D eigenvalue weighted by Crippen LogP contribution is 2.39. The average Bonchev–Trinajstić information content (AvgIpc) is 3.33. The molecule has 4 fully saturated rings. The normalized spacial score (nSPS) is 27.8. The van der Waals surface area contributed by atoms with Crippen molar-refractivity contribution in [3.63, 3.8) is 0 Å². The fraction of sp³-hybridized carbons (Fsp3) is 0.600. The lowest BCUT2D eigenvalue weighted by Gasteiger charge is -2.22. The van der Waals surface area contributed by atoms with Crippen molar-refractivity contribution in [3.8, 4) is 0 Å². The molecule has 10 heteroatoms. The first-order valence-electron chi connectivity index (χ1n) is 14.4. The van der Waals surface area contributed by atoms with Crippen LogP contribution in [0.4, 0.5) is 0 Å². The maximum absolute atomic E-state index is 13.0. The number of likely N-dealkylation sites (tertiary alicyclic amines) is 2. The Hall–Kier alpha value is -3.56. The van der Waals surface area contributed by atoms with Crippen molar-refractivity contribution in [2.75, 3.05) is 13.1 Å². The summed E-state index contributed by atoms with van der Waals surface area (Å²) in [5, 5.41) is 0. The van der Waals surface area contributed by atoms with Crippen LogP contribution in [0.1, 0.15) is 85.9 Å². The van der Waals surface area contributed by atoms with Crippen LogP contribution in [0.15, 0.2) is 24.3 Å². The lowest BCUT2D eigenvalue weighted by Crippen LogP contribution is -2.39. The molecule has 2 aliphatic heterocycles. The molecule has 6 unspecified atom stereocenters. The zero-order chi connectivity index (χ0) is 28.6. The second-order valence-electron chi connectivity index (χ2n) is 11.5. The van der Waals surface area contributed by atoms with Crippen LogP contribution in [0.2, 0.25) is 0 Å². The summed E-state index contributed by atoms with van der Waals surface area (Å²) in [5.41, 5.74) is -0.0303. The van der Waals surface area contributed by atoms with Gasteiger partial charge in [0.25, 0.3) is 0 Å². The van der Waals surface area contributed by atoms with Crippen LogP contribution in [-0.2, 0) is 28.7 Å². The van der Waals surface area contributed by atoms with Gasteiger partial charge in [-0.3, -0.25) is 29.0 Å².